The fraction of sp³-hybridized carbons (Fsp3) is 0.194. The van der Waals surface area contributed by atoms with Crippen LogP contribution in [0.4, 0.5) is 21.2 Å². The Morgan fingerprint density at radius 3 is 2.58 bits per heavy atom. The van der Waals surface area contributed by atoms with E-state index in [0.717, 1.165) is 33.1 Å². The van der Waals surface area contributed by atoms with E-state index >= 15 is 0 Å². The highest BCUT2D eigenvalue weighted by Crippen LogP contribution is 2.26. The number of piperazine rings is 1. The molecule has 0 spiro atoms. The summed E-state index contributed by atoms with van der Waals surface area (Å²) < 4.78 is 8.35. The van der Waals surface area contributed by atoms with Crippen LogP contribution in [0.1, 0.15) is 12.5 Å². The first-order chi connectivity index (χ1) is 23.4. The van der Waals surface area contributed by atoms with Crippen molar-refractivity contribution in [3.63, 3.8) is 0 Å². The Hall–Kier alpha value is -5.49. The lowest BCUT2D eigenvalue weighted by molar-refractivity contribution is 0.0484. The van der Waals surface area contributed by atoms with E-state index in [1.807, 2.05) is 109 Å². The Bertz CT molecular complexity index is 2080. The van der Waals surface area contributed by atoms with Crippen LogP contribution in [0, 0.1) is 0 Å². The highest BCUT2D eigenvalue weighted by molar-refractivity contribution is 9.10. The minimum Gasteiger partial charge on any atom is -0.445 e. The van der Waals surface area contributed by atoms with Crippen molar-refractivity contribution in [1.29, 1.82) is 0 Å². The molecule has 0 saturated carbocycles. The lowest BCUT2D eigenvalue weighted by Gasteiger charge is -2.43. The molecule has 1 saturated heterocycles. The fourth-order valence-electron chi connectivity index (χ4n) is 6.00. The Labute approximate surface area is 285 Å². The lowest BCUT2D eigenvalue weighted by atomic mass is 10.1. The quantitative estimate of drug-likeness (QED) is 0.182. The second kappa shape index (κ2) is 13.7. The zero-order chi connectivity index (χ0) is 33.0. The number of para-hydroxylation sites is 2. The molecule has 0 radical (unpaired) electrons. The van der Waals surface area contributed by atoms with Gasteiger partial charge < -0.3 is 20.3 Å². The standard InChI is InChI=1S/C36H33BrN8O3/c1-24(40-34-38-20-28(37)33(42-34)45-23-39-30-15-7-8-17-31(30)45)32-21-43(18-19-44(32)36(47)48-22-25-10-3-2-4-11-25)35(46)41-29-16-9-13-26-12-5-6-14-27(26)29/h2-17,20,23-24,32H,18-19,21-22H2,1H3,(H,41,46)(H,38,40,42). The summed E-state index contributed by atoms with van der Waals surface area (Å²) >= 11 is 3.59. The van der Waals surface area contributed by atoms with Crippen molar-refractivity contribution >= 4 is 61.5 Å². The van der Waals surface area contributed by atoms with Crippen molar-refractivity contribution < 1.29 is 14.3 Å². The van der Waals surface area contributed by atoms with Crippen LogP contribution in [0.2, 0.25) is 0 Å². The molecule has 48 heavy (non-hydrogen) atoms. The first-order valence-electron chi connectivity index (χ1n) is 15.7. The van der Waals surface area contributed by atoms with Crippen LogP contribution < -0.4 is 10.6 Å². The maximum absolute atomic E-state index is 13.7. The molecule has 11 nitrogen and oxygen atoms in total. The number of amides is 3. The highest BCUT2D eigenvalue weighted by Gasteiger charge is 2.37. The Kier molecular flexibility index (Phi) is 8.89. The molecule has 3 amide bonds. The molecule has 2 unspecified atom stereocenters. The Balaban J connectivity index is 1.12. The van der Waals surface area contributed by atoms with Gasteiger partial charge in [0.05, 0.1) is 27.2 Å². The van der Waals surface area contributed by atoms with Gasteiger partial charge in [-0.05, 0) is 52.0 Å². The Morgan fingerprint density at radius 1 is 0.938 bits per heavy atom. The number of nitrogens with zero attached hydrogens (tertiary/aromatic N) is 6. The van der Waals surface area contributed by atoms with E-state index in [2.05, 4.69) is 36.5 Å². The van der Waals surface area contributed by atoms with Gasteiger partial charge in [-0.25, -0.2) is 19.6 Å². The zero-order valence-corrected chi connectivity index (χ0v) is 27.7. The number of rotatable bonds is 7. The Morgan fingerprint density at radius 2 is 1.71 bits per heavy atom. The smallest absolute Gasteiger partial charge is 0.410 e. The second-order valence-corrected chi connectivity index (χ2v) is 12.5. The second-order valence-electron chi connectivity index (χ2n) is 11.6. The van der Waals surface area contributed by atoms with E-state index in [1.54, 1.807) is 22.3 Å². The van der Waals surface area contributed by atoms with Crippen molar-refractivity contribution in [3.05, 3.63) is 120 Å². The summed E-state index contributed by atoms with van der Waals surface area (Å²) in [6.45, 7) is 2.99. The molecule has 12 heteroatoms. The fourth-order valence-corrected chi connectivity index (χ4v) is 6.39. The third-order valence-electron chi connectivity index (χ3n) is 8.52. The number of imidazole rings is 1. The highest BCUT2D eigenvalue weighted by atomic mass is 79.9. The number of anilines is 2. The van der Waals surface area contributed by atoms with Crippen LogP contribution in [0.15, 0.2) is 114 Å². The van der Waals surface area contributed by atoms with Crippen LogP contribution in [0.25, 0.3) is 27.6 Å². The third kappa shape index (κ3) is 6.52. The molecule has 1 aliphatic rings. The monoisotopic (exact) mass is 704 g/mol. The van der Waals surface area contributed by atoms with Crippen LogP contribution in [-0.2, 0) is 11.3 Å². The molecule has 4 aromatic carbocycles. The number of halogens is 1. The third-order valence-corrected chi connectivity index (χ3v) is 9.08. The van der Waals surface area contributed by atoms with Gasteiger partial charge >= 0.3 is 12.1 Å². The molecule has 2 aromatic heterocycles. The minimum atomic E-state index is -0.454. The van der Waals surface area contributed by atoms with Crippen molar-refractivity contribution in [2.45, 2.75) is 25.6 Å². The molecule has 1 fully saturated rings. The molecule has 1 aliphatic heterocycles. The van der Waals surface area contributed by atoms with Gasteiger partial charge in [0.2, 0.25) is 5.95 Å². The number of benzene rings is 4. The molecule has 0 aliphatic carbocycles. The molecular weight excluding hydrogens is 672 g/mol. The minimum absolute atomic E-state index is 0.147. The molecule has 242 valence electrons. The van der Waals surface area contributed by atoms with Gasteiger partial charge in [0, 0.05) is 37.3 Å². The van der Waals surface area contributed by atoms with Crippen molar-refractivity contribution in [2.75, 3.05) is 30.3 Å². The van der Waals surface area contributed by atoms with Gasteiger partial charge in [-0.1, -0.05) is 78.9 Å². The molecule has 0 bridgehead atoms. The summed E-state index contributed by atoms with van der Waals surface area (Å²) in [5.74, 6) is 0.987. The van der Waals surface area contributed by atoms with Gasteiger partial charge in [-0.15, -0.1) is 0 Å². The maximum Gasteiger partial charge on any atom is 0.410 e. The molecule has 6 aromatic rings. The van der Waals surface area contributed by atoms with E-state index < -0.39 is 12.1 Å². The van der Waals surface area contributed by atoms with E-state index in [4.69, 9.17) is 9.72 Å². The summed E-state index contributed by atoms with van der Waals surface area (Å²) in [4.78, 5) is 44.5. The molecular formula is C36H33BrN8O3. The molecule has 2 N–H and O–H groups in total. The van der Waals surface area contributed by atoms with Crippen LogP contribution in [-0.4, -0.2) is 73.2 Å². The first kappa shape index (κ1) is 31.1. The average Bonchev–Trinajstić information content (AvgIpc) is 3.56. The number of hydrogen-bond acceptors (Lipinski definition) is 7. The van der Waals surface area contributed by atoms with Gasteiger partial charge in [0.25, 0.3) is 0 Å². The molecule has 3 heterocycles. The van der Waals surface area contributed by atoms with Crippen LogP contribution in [0.3, 0.4) is 0 Å². The summed E-state index contributed by atoms with van der Waals surface area (Å²) in [6.07, 6.45) is 2.96. The SMILES string of the molecule is CC(Nc1ncc(Br)c(-n2cnc3ccccc32)n1)C1CN(C(=O)Nc2cccc3ccccc23)CCN1C(=O)OCc1ccccc1. The summed E-state index contributed by atoms with van der Waals surface area (Å²) in [7, 11) is 0. The van der Waals surface area contributed by atoms with E-state index in [-0.39, 0.29) is 25.2 Å². The number of urea groups is 1. The van der Waals surface area contributed by atoms with Gasteiger partial charge in [0.15, 0.2) is 5.82 Å². The maximum atomic E-state index is 13.7. The number of ether oxygens (including phenoxy) is 1. The number of hydrogen-bond donors (Lipinski definition) is 2. The van der Waals surface area contributed by atoms with Crippen LogP contribution >= 0.6 is 15.9 Å². The van der Waals surface area contributed by atoms with Gasteiger partial charge in [-0.2, -0.15) is 4.98 Å². The van der Waals surface area contributed by atoms with Gasteiger partial charge in [0.1, 0.15) is 12.9 Å². The van der Waals surface area contributed by atoms with Crippen molar-refractivity contribution in [3.8, 4) is 5.82 Å². The topological polar surface area (TPSA) is 118 Å². The summed E-state index contributed by atoms with van der Waals surface area (Å²) in [5, 5.41) is 8.48. The predicted molar refractivity (Wildman–Crippen MR) is 189 cm³/mol. The number of aromatic nitrogens is 4. The van der Waals surface area contributed by atoms with Crippen molar-refractivity contribution in [1.82, 2.24) is 29.3 Å². The molecule has 7 rings (SSSR count). The first-order valence-corrected chi connectivity index (χ1v) is 16.5. The predicted octanol–water partition coefficient (Wildman–Crippen LogP) is 7.09. The normalized spacial score (nSPS) is 15.3. The largest absolute Gasteiger partial charge is 0.445 e. The summed E-state index contributed by atoms with van der Waals surface area (Å²) in [5.41, 5.74) is 3.38. The van der Waals surface area contributed by atoms with E-state index in [1.165, 1.54) is 0 Å². The number of carbonyl (C=O) groups is 2. The van der Waals surface area contributed by atoms with Crippen molar-refractivity contribution in [2.24, 2.45) is 0 Å². The zero-order valence-electron chi connectivity index (χ0n) is 26.2. The number of nitrogens with one attached hydrogen (secondary N) is 2. The molecule has 2 atom stereocenters. The number of fused-ring (bicyclic) bond motifs is 2. The summed E-state index contributed by atoms with van der Waals surface area (Å²) in [6, 6.07) is 30.1. The van der Waals surface area contributed by atoms with E-state index in [0.29, 0.717) is 29.3 Å². The van der Waals surface area contributed by atoms with Gasteiger partial charge in [-0.3, -0.25) is 9.47 Å². The van der Waals surface area contributed by atoms with Crippen LogP contribution in [0.5, 0.6) is 0 Å². The average molecular weight is 706 g/mol. The lowest BCUT2D eigenvalue weighted by Crippen LogP contribution is -2.61. The van der Waals surface area contributed by atoms with E-state index in [9.17, 15) is 9.59 Å². The number of carbonyl (C=O) groups excluding carboxylic acids is 2.